The van der Waals surface area contributed by atoms with Crippen molar-refractivity contribution >= 4 is 17.6 Å². The zero-order valence-electron chi connectivity index (χ0n) is 23.2. The number of rotatable bonds is 9. The maximum absolute atomic E-state index is 13.6. The van der Waals surface area contributed by atoms with Crippen LogP contribution in [-0.2, 0) is 22.1 Å². The Kier molecular flexibility index (Phi) is 9.00. The van der Waals surface area contributed by atoms with Crippen LogP contribution in [0.5, 0.6) is 0 Å². The molecule has 0 saturated heterocycles. The van der Waals surface area contributed by atoms with Crippen molar-refractivity contribution in [3.63, 3.8) is 0 Å². The molecule has 2 heterocycles. The number of aryl methyl sites for hydroxylation is 1. The van der Waals surface area contributed by atoms with Gasteiger partial charge in [0, 0.05) is 17.9 Å². The quantitative estimate of drug-likeness (QED) is 0.202. The smallest absolute Gasteiger partial charge is 0.416 e. The molecule has 1 atom stereocenters. The molecule has 0 saturated carbocycles. The highest BCUT2D eigenvalue weighted by atomic mass is 19.4. The summed E-state index contributed by atoms with van der Waals surface area (Å²) in [5, 5.41) is 19.3. The molecular weight excluding hydrogens is 549 g/mol. The number of esters is 1. The van der Waals surface area contributed by atoms with E-state index in [2.05, 4.69) is 21.6 Å². The van der Waals surface area contributed by atoms with E-state index in [1.165, 1.54) is 28.7 Å². The van der Waals surface area contributed by atoms with Crippen LogP contribution in [0.15, 0.2) is 83.0 Å². The van der Waals surface area contributed by atoms with Crippen molar-refractivity contribution in [1.82, 2.24) is 20.1 Å². The number of H-pyrrole nitrogens is 1. The SMILES string of the molecule is C/C=C\C=C/NCCCc1cc(C#N)ccc1[C@@H]1C(C(=O)OC)=C(C)N(c2cccc(C(F)(F)F)c2)c2n[nH]c(=O)n21. The van der Waals surface area contributed by atoms with Gasteiger partial charge in [-0.05, 0) is 80.4 Å². The summed E-state index contributed by atoms with van der Waals surface area (Å²) >= 11 is 0. The van der Waals surface area contributed by atoms with Gasteiger partial charge in [0.15, 0.2) is 0 Å². The number of alkyl halides is 3. The second-order valence-corrected chi connectivity index (χ2v) is 9.44. The molecule has 1 aromatic heterocycles. The van der Waals surface area contributed by atoms with Crippen LogP contribution in [-0.4, -0.2) is 34.4 Å². The minimum atomic E-state index is -4.61. The number of carbonyl (C=O) groups is 1. The van der Waals surface area contributed by atoms with Gasteiger partial charge >= 0.3 is 17.8 Å². The number of anilines is 2. The molecular formula is C30H29F3N6O3. The summed E-state index contributed by atoms with van der Waals surface area (Å²) in [7, 11) is 1.19. The molecule has 2 N–H and O–H groups in total. The van der Waals surface area contributed by atoms with Crippen LogP contribution in [0.25, 0.3) is 0 Å². The Bertz CT molecular complexity index is 1660. The first-order valence-corrected chi connectivity index (χ1v) is 13.1. The molecule has 218 valence electrons. The van der Waals surface area contributed by atoms with E-state index in [-0.39, 0.29) is 22.9 Å². The number of hydrogen-bond donors (Lipinski definition) is 2. The van der Waals surface area contributed by atoms with E-state index in [1.54, 1.807) is 25.1 Å². The molecule has 9 nitrogen and oxygen atoms in total. The number of fused-ring (bicyclic) bond motifs is 1. The predicted octanol–water partition coefficient (Wildman–Crippen LogP) is 5.26. The average molecular weight is 579 g/mol. The Morgan fingerprint density at radius 3 is 2.71 bits per heavy atom. The van der Waals surface area contributed by atoms with Gasteiger partial charge in [-0.2, -0.15) is 18.4 Å². The Morgan fingerprint density at radius 1 is 1.24 bits per heavy atom. The molecule has 0 radical (unpaired) electrons. The summed E-state index contributed by atoms with van der Waals surface area (Å²) < 4.78 is 47.0. The highest BCUT2D eigenvalue weighted by Gasteiger charge is 2.41. The number of allylic oxidation sites excluding steroid dienone is 4. The molecule has 0 fully saturated rings. The van der Waals surface area contributed by atoms with Gasteiger partial charge in [0.2, 0.25) is 5.95 Å². The van der Waals surface area contributed by atoms with Crippen LogP contribution < -0.4 is 15.9 Å². The van der Waals surface area contributed by atoms with E-state index in [4.69, 9.17) is 4.74 Å². The molecule has 3 aromatic rings. The second-order valence-electron chi connectivity index (χ2n) is 9.44. The van der Waals surface area contributed by atoms with Crippen molar-refractivity contribution in [2.75, 3.05) is 18.6 Å². The largest absolute Gasteiger partial charge is 0.466 e. The number of hydrogen-bond acceptors (Lipinski definition) is 7. The molecule has 2 aromatic carbocycles. The van der Waals surface area contributed by atoms with Crippen molar-refractivity contribution < 1.29 is 22.7 Å². The summed E-state index contributed by atoms with van der Waals surface area (Å²) in [5.41, 5.74) is 0.448. The fourth-order valence-electron chi connectivity index (χ4n) is 4.94. The van der Waals surface area contributed by atoms with Gasteiger partial charge in [-0.15, -0.1) is 5.10 Å². The molecule has 12 heteroatoms. The number of nitriles is 1. The Morgan fingerprint density at radius 2 is 2.02 bits per heavy atom. The number of methoxy groups -OCH3 is 1. The minimum absolute atomic E-state index is 0.000528. The third-order valence-corrected chi connectivity index (χ3v) is 6.83. The number of benzene rings is 2. The summed E-state index contributed by atoms with van der Waals surface area (Å²) in [4.78, 5) is 27.9. The van der Waals surface area contributed by atoms with Crippen LogP contribution in [0.3, 0.4) is 0 Å². The predicted molar refractivity (Wildman–Crippen MR) is 151 cm³/mol. The Labute approximate surface area is 240 Å². The average Bonchev–Trinajstić information content (AvgIpc) is 3.35. The first kappa shape index (κ1) is 29.9. The minimum Gasteiger partial charge on any atom is -0.466 e. The van der Waals surface area contributed by atoms with Gasteiger partial charge in [0.25, 0.3) is 0 Å². The number of aromatic nitrogens is 3. The maximum atomic E-state index is 13.6. The summed E-state index contributed by atoms with van der Waals surface area (Å²) in [6, 6.07) is 10.6. The Balaban J connectivity index is 1.86. The van der Waals surface area contributed by atoms with Crippen molar-refractivity contribution in [1.29, 1.82) is 5.26 Å². The number of nitrogens with zero attached hydrogens (tertiary/aromatic N) is 4. The lowest BCUT2D eigenvalue weighted by molar-refractivity contribution is -0.138. The van der Waals surface area contributed by atoms with Gasteiger partial charge in [-0.25, -0.2) is 19.3 Å². The van der Waals surface area contributed by atoms with Crippen molar-refractivity contribution in [3.8, 4) is 6.07 Å². The van der Waals surface area contributed by atoms with Crippen molar-refractivity contribution in [2.45, 2.75) is 38.9 Å². The first-order valence-electron chi connectivity index (χ1n) is 13.1. The summed E-state index contributed by atoms with van der Waals surface area (Å²) in [6.45, 7) is 4.09. The van der Waals surface area contributed by atoms with Crippen molar-refractivity contribution in [3.05, 3.63) is 111 Å². The number of ether oxygens (including phenoxy) is 1. The zero-order valence-corrected chi connectivity index (χ0v) is 23.2. The monoisotopic (exact) mass is 578 g/mol. The zero-order chi connectivity index (χ0) is 30.4. The molecule has 0 spiro atoms. The molecule has 0 aliphatic carbocycles. The third kappa shape index (κ3) is 6.00. The molecule has 0 unspecified atom stereocenters. The number of aromatic amines is 1. The lowest BCUT2D eigenvalue weighted by atomic mass is 9.88. The summed E-state index contributed by atoms with van der Waals surface area (Å²) in [5.74, 6) is -0.764. The van der Waals surface area contributed by atoms with E-state index in [9.17, 15) is 28.0 Å². The molecule has 42 heavy (non-hydrogen) atoms. The van der Waals surface area contributed by atoms with Gasteiger partial charge in [0.1, 0.15) is 6.04 Å². The van der Waals surface area contributed by atoms with Crippen LogP contribution in [0.4, 0.5) is 24.8 Å². The van der Waals surface area contributed by atoms with Crippen LogP contribution in [0.2, 0.25) is 0 Å². The van der Waals surface area contributed by atoms with Gasteiger partial charge < -0.3 is 10.1 Å². The highest BCUT2D eigenvalue weighted by molar-refractivity contribution is 5.93. The normalized spacial score (nSPS) is 15.3. The standard InChI is InChI=1S/C30H29F3N6O3/c1-4-5-6-14-35-15-8-9-21-16-20(18-34)12-13-24(21)26-25(27(40)42-3)19(2)38(28-36-37-29(41)39(26)28)23-11-7-10-22(17-23)30(31,32)33/h4-7,10-14,16-17,26,35H,8-9,15H2,1-3H3,(H,37,41)/b5-4-,14-6-/t26-/m1/s1. The number of nitrogens with one attached hydrogen (secondary N) is 2. The lowest BCUT2D eigenvalue weighted by Gasteiger charge is -2.36. The molecule has 0 amide bonds. The van der Waals surface area contributed by atoms with Crippen LogP contribution in [0.1, 0.15) is 48.6 Å². The van der Waals surface area contributed by atoms with E-state index < -0.39 is 29.4 Å². The molecule has 4 rings (SSSR count). The van der Waals surface area contributed by atoms with Gasteiger partial charge in [-0.1, -0.05) is 24.3 Å². The van der Waals surface area contributed by atoms with Crippen molar-refractivity contribution in [2.24, 2.45) is 0 Å². The first-order chi connectivity index (χ1) is 20.1. The number of carbonyl (C=O) groups excluding carboxylic acids is 1. The van der Waals surface area contributed by atoms with Gasteiger partial charge in [-0.3, -0.25) is 4.90 Å². The molecule has 1 aliphatic heterocycles. The fourth-order valence-corrected chi connectivity index (χ4v) is 4.94. The summed E-state index contributed by atoms with van der Waals surface area (Å²) in [6.07, 6.45) is 4.01. The fraction of sp³-hybridized carbons (Fsp3) is 0.267. The van der Waals surface area contributed by atoms with Crippen LogP contribution >= 0.6 is 0 Å². The Hall–Kier alpha value is -5.05. The lowest BCUT2D eigenvalue weighted by Crippen LogP contribution is -2.38. The third-order valence-electron chi connectivity index (χ3n) is 6.83. The molecule has 0 bridgehead atoms. The topological polar surface area (TPSA) is 116 Å². The van der Waals surface area contributed by atoms with E-state index >= 15 is 0 Å². The molecule has 1 aliphatic rings. The number of halogens is 3. The maximum Gasteiger partial charge on any atom is 0.416 e. The van der Waals surface area contributed by atoms with Gasteiger partial charge in [0.05, 0.1) is 29.9 Å². The second kappa shape index (κ2) is 12.6. The van der Waals surface area contributed by atoms with Crippen LogP contribution in [0, 0.1) is 11.3 Å². The van der Waals surface area contributed by atoms with E-state index in [0.717, 1.165) is 17.7 Å². The van der Waals surface area contributed by atoms with E-state index in [0.29, 0.717) is 30.5 Å². The highest BCUT2D eigenvalue weighted by Crippen LogP contribution is 2.43. The van der Waals surface area contributed by atoms with E-state index in [1.807, 2.05) is 31.4 Å².